The van der Waals surface area contributed by atoms with Gasteiger partial charge in [-0.1, -0.05) is 0 Å². The molecule has 1 heterocycles. The molecule has 0 bridgehead atoms. The molecule has 5 nitrogen and oxygen atoms in total. The molecular weight excluding hydrogens is 287 g/mol. The van der Waals surface area contributed by atoms with Crippen molar-refractivity contribution >= 4 is 11.8 Å². The van der Waals surface area contributed by atoms with Crippen LogP contribution in [0.4, 0.5) is 13.2 Å². The van der Waals surface area contributed by atoms with Gasteiger partial charge >= 0.3 is 6.18 Å². The summed E-state index contributed by atoms with van der Waals surface area (Å²) in [6, 6.07) is 0. The van der Waals surface area contributed by atoms with Crippen LogP contribution in [0.3, 0.4) is 0 Å². The van der Waals surface area contributed by atoms with E-state index in [9.17, 15) is 22.8 Å². The quantitative estimate of drug-likeness (QED) is 0.819. The lowest BCUT2D eigenvalue weighted by Crippen LogP contribution is -2.54. The summed E-state index contributed by atoms with van der Waals surface area (Å²) in [6.45, 7) is 3.86. The van der Waals surface area contributed by atoms with Gasteiger partial charge in [-0.15, -0.1) is 0 Å². The standard InChI is InChI=1S/C13H22F3N3O2/c1-4-19(5-2)10(20)8-18(3)11(21)12(13(14,15)16)6-7-17-9-12/h17H,4-9H2,1-3H3. The zero-order valence-electron chi connectivity index (χ0n) is 12.6. The van der Waals surface area contributed by atoms with Gasteiger partial charge in [0.15, 0.2) is 5.41 Å². The highest BCUT2D eigenvalue weighted by atomic mass is 19.4. The molecule has 0 radical (unpaired) electrons. The zero-order valence-corrected chi connectivity index (χ0v) is 12.6. The fourth-order valence-corrected chi connectivity index (χ4v) is 2.55. The zero-order chi connectivity index (χ0) is 16.3. The Morgan fingerprint density at radius 2 is 1.81 bits per heavy atom. The maximum Gasteiger partial charge on any atom is 0.404 e. The number of nitrogens with one attached hydrogen (secondary N) is 1. The summed E-state index contributed by atoms with van der Waals surface area (Å²) in [6.07, 6.45) is -4.92. The van der Waals surface area contributed by atoms with E-state index in [4.69, 9.17) is 0 Å². The molecule has 2 amide bonds. The molecule has 0 aromatic carbocycles. The van der Waals surface area contributed by atoms with E-state index in [-0.39, 0.29) is 25.4 Å². The van der Waals surface area contributed by atoms with Gasteiger partial charge in [0.25, 0.3) is 0 Å². The SMILES string of the molecule is CCN(CC)C(=O)CN(C)C(=O)C1(C(F)(F)F)CCNC1. The van der Waals surface area contributed by atoms with E-state index in [1.54, 1.807) is 13.8 Å². The van der Waals surface area contributed by atoms with Crippen LogP contribution < -0.4 is 5.32 Å². The van der Waals surface area contributed by atoms with Crippen LogP contribution in [0.1, 0.15) is 20.3 Å². The number of hydrogen-bond donors (Lipinski definition) is 1. The average molecular weight is 309 g/mol. The van der Waals surface area contributed by atoms with Crippen LogP contribution in [0.25, 0.3) is 0 Å². The van der Waals surface area contributed by atoms with E-state index < -0.39 is 24.0 Å². The van der Waals surface area contributed by atoms with Crippen molar-refractivity contribution in [3.8, 4) is 0 Å². The maximum atomic E-state index is 13.3. The lowest BCUT2D eigenvalue weighted by atomic mass is 9.84. The molecule has 1 fully saturated rings. The lowest BCUT2D eigenvalue weighted by Gasteiger charge is -2.34. The van der Waals surface area contributed by atoms with E-state index in [0.29, 0.717) is 13.1 Å². The Labute approximate surface area is 122 Å². The van der Waals surface area contributed by atoms with E-state index in [0.717, 1.165) is 4.90 Å². The third-order valence-electron chi connectivity index (χ3n) is 3.94. The van der Waals surface area contributed by atoms with Crippen molar-refractivity contribution in [3.05, 3.63) is 0 Å². The second kappa shape index (κ2) is 6.64. The molecule has 1 aliphatic heterocycles. The highest BCUT2D eigenvalue weighted by Gasteiger charge is 2.62. The number of carbonyl (C=O) groups excluding carboxylic acids is 2. The van der Waals surface area contributed by atoms with Gasteiger partial charge in [0.2, 0.25) is 11.8 Å². The van der Waals surface area contributed by atoms with Gasteiger partial charge < -0.3 is 15.1 Å². The molecule has 122 valence electrons. The Hall–Kier alpha value is -1.31. The molecule has 21 heavy (non-hydrogen) atoms. The minimum absolute atomic E-state index is 0.142. The molecule has 1 saturated heterocycles. The number of likely N-dealkylation sites (N-methyl/N-ethyl adjacent to an activating group) is 2. The molecule has 8 heteroatoms. The Morgan fingerprint density at radius 1 is 1.24 bits per heavy atom. The molecule has 0 aromatic rings. The Kier molecular flexibility index (Phi) is 5.61. The number of rotatable bonds is 5. The van der Waals surface area contributed by atoms with E-state index in [1.807, 2.05) is 0 Å². The number of carbonyl (C=O) groups is 2. The first-order chi connectivity index (χ1) is 9.69. The largest absolute Gasteiger partial charge is 0.404 e. The third kappa shape index (κ3) is 3.48. The van der Waals surface area contributed by atoms with Crippen molar-refractivity contribution in [2.75, 3.05) is 39.8 Å². The van der Waals surface area contributed by atoms with Gasteiger partial charge in [0, 0.05) is 26.7 Å². The summed E-state index contributed by atoms with van der Waals surface area (Å²) in [4.78, 5) is 26.5. The second-order valence-corrected chi connectivity index (χ2v) is 5.23. The van der Waals surface area contributed by atoms with Crippen molar-refractivity contribution in [2.24, 2.45) is 5.41 Å². The third-order valence-corrected chi connectivity index (χ3v) is 3.94. The predicted molar refractivity (Wildman–Crippen MR) is 71.5 cm³/mol. The molecule has 0 saturated carbocycles. The van der Waals surface area contributed by atoms with Crippen LogP contribution >= 0.6 is 0 Å². The van der Waals surface area contributed by atoms with Crippen LogP contribution in [-0.2, 0) is 9.59 Å². The van der Waals surface area contributed by atoms with Crippen molar-refractivity contribution in [1.29, 1.82) is 0 Å². The smallest absolute Gasteiger partial charge is 0.342 e. The van der Waals surface area contributed by atoms with Gasteiger partial charge in [-0.2, -0.15) is 13.2 Å². The van der Waals surface area contributed by atoms with E-state index >= 15 is 0 Å². The summed E-state index contributed by atoms with van der Waals surface area (Å²) in [7, 11) is 1.25. The molecule has 1 atom stereocenters. The number of amides is 2. The predicted octanol–water partition coefficient (Wildman–Crippen LogP) is 0.855. The van der Waals surface area contributed by atoms with Gasteiger partial charge in [-0.25, -0.2) is 0 Å². The molecule has 1 N–H and O–H groups in total. The van der Waals surface area contributed by atoms with Crippen LogP contribution in [0.5, 0.6) is 0 Å². The molecule has 1 rings (SSSR count). The normalized spacial score (nSPS) is 22.2. The lowest BCUT2D eigenvalue weighted by molar-refractivity contribution is -0.221. The van der Waals surface area contributed by atoms with Crippen LogP contribution in [0.15, 0.2) is 0 Å². The number of alkyl halides is 3. The Bertz CT molecular complexity index is 389. The molecule has 0 aromatic heterocycles. The first-order valence-corrected chi connectivity index (χ1v) is 7.00. The average Bonchev–Trinajstić information content (AvgIpc) is 2.89. The van der Waals surface area contributed by atoms with E-state index in [2.05, 4.69) is 5.32 Å². The topological polar surface area (TPSA) is 52.7 Å². The molecule has 1 aliphatic rings. The summed E-state index contributed by atoms with van der Waals surface area (Å²) >= 11 is 0. The molecule has 0 aliphatic carbocycles. The summed E-state index contributed by atoms with van der Waals surface area (Å²) in [5.74, 6) is -1.39. The van der Waals surface area contributed by atoms with Crippen molar-refractivity contribution in [1.82, 2.24) is 15.1 Å². The van der Waals surface area contributed by atoms with Crippen LogP contribution in [0.2, 0.25) is 0 Å². The number of halogens is 3. The minimum atomic E-state index is -4.62. The van der Waals surface area contributed by atoms with Crippen LogP contribution in [-0.4, -0.2) is 67.6 Å². The fourth-order valence-electron chi connectivity index (χ4n) is 2.55. The summed E-state index contributed by atoms with van der Waals surface area (Å²) in [5.41, 5.74) is -2.41. The van der Waals surface area contributed by atoms with Crippen molar-refractivity contribution < 1.29 is 22.8 Å². The second-order valence-electron chi connectivity index (χ2n) is 5.23. The molecular formula is C13H22F3N3O2. The molecule has 1 unspecified atom stereocenters. The van der Waals surface area contributed by atoms with Gasteiger partial charge in [-0.05, 0) is 26.8 Å². The number of nitrogens with zero attached hydrogens (tertiary/aromatic N) is 2. The Morgan fingerprint density at radius 3 is 2.19 bits per heavy atom. The minimum Gasteiger partial charge on any atom is -0.342 e. The summed E-state index contributed by atoms with van der Waals surface area (Å²) < 4.78 is 39.8. The van der Waals surface area contributed by atoms with Gasteiger partial charge in [-0.3, -0.25) is 9.59 Å². The van der Waals surface area contributed by atoms with Gasteiger partial charge in [0.05, 0.1) is 6.54 Å². The monoisotopic (exact) mass is 309 g/mol. The highest BCUT2D eigenvalue weighted by molar-refractivity contribution is 5.88. The molecule has 0 spiro atoms. The first-order valence-electron chi connectivity index (χ1n) is 7.00. The fraction of sp³-hybridized carbons (Fsp3) is 0.846. The van der Waals surface area contributed by atoms with Crippen molar-refractivity contribution in [2.45, 2.75) is 26.4 Å². The maximum absolute atomic E-state index is 13.3. The van der Waals surface area contributed by atoms with Crippen molar-refractivity contribution in [3.63, 3.8) is 0 Å². The summed E-state index contributed by atoms with van der Waals surface area (Å²) in [5, 5.41) is 2.59. The highest BCUT2D eigenvalue weighted by Crippen LogP contribution is 2.44. The first kappa shape index (κ1) is 17.7. The number of hydrogen-bond acceptors (Lipinski definition) is 3. The van der Waals surface area contributed by atoms with Crippen LogP contribution in [0, 0.1) is 5.41 Å². The van der Waals surface area contributed by atoms with Gasteiger partial charge in [0.1, 0.15) is 0 Å². The van der Waals surface area contributed by atoms with E-state index in [1.165, 1.54) is 11.9 Å². The Balaban J connectivity index is 2.84.